The molecule has 234 valence electrons. The predicted molar refractivity (Wildman–Crippen MR) is 206 cm³/mol. The van der Waals surface area contributed by atoms with Crippen LogP contribution in [0.5, 0.6) is 0 Å². The van der Waals surface area contributed by atoms with Crippen LogP contribution in [0, 0.1) is 27.7 Å². The minimum absolute atomic E-state index is 1.12. The molecule has 0 fully saturated rings. The van der Waals surface area contributed by atoms with E-state index >= 15 is 0 Å². The lowest BCUT2D eigenvalue weighted by atomic mass is 9.89. The lowest BCUT2D eigenvalue weighted by Gasteiger charge is -2.34. The van der Waals surface area contributed by atoms with E-state index in [0.29, 0.717) is 0 Å². The molecule has 0 heterocycles. The van der Waals surface area contributed by atoms with E-state index < -0.39 is 0 Å². The minimum Gasteiger partial charge on any atom is -0.310 e. The number of nitrogens with zero attached hydrogens (tertiary/aromatic N) is 2. The Bertz CT molecular complexity index is 1930. The Kier molecular flexibility index (Phi) is 8.64. The lowest BCUT2D eigenvalue weighted by molar-refractivity contribution is 1.24. The largest absolute Gasteiger partial charge is 0.310 e. The molecule has 0 unspecified atom stereocenters. The van der Waals surface area contributed by atoms with Gasteiger partial charge < -0.3 is 9.80 Å². The van der Waals surface area contributed by atoms with Crippen LogP contribution in [-0.4, -0.2) is 0 Å². The van der Waals surface area contributed by atoms with Crippen molar-refractivity contribution in [2.24, 2.45) is 0 Å². The monoisotopic (exact) mass is 620 g/mol. The van der Waals surface area contributed by atoms with E-state index in [2.05, 4.69) is 207 Å². The first-order chi connectivity index (χ1) is 23.5. The maximum Gasteiger partial charge on any atom is 0.0547 e. The van der Waals surface area contributed by atoms with Gasteiger partial charge in [-0.05, 0) is 122 Å². The van der Waals surface area contributed by atoms with E-state index in [4.69, 9.17) is 0 Å². The van der Waals surface area contributed by atoms with Crippen molar-refractivity contribution in [1.29, 1.82) is 0 Å². The second kappa shape index (κ2) is 13.5. The molecule has 0 saturated carbocycles. The van der Waals surface area contributed by atoms with E-state index in [1.807, 2.05) is 0 Å². The van der Waals surface area contributed by atoms with Gasteiger partial charge in [-0.25, -0.2) is 0 Å². The maximum absolute atomic E-state index is 2.42. The lowest BCUT2D eigenvalue weighted by Crippen LogP contribution is -2.15. The number of aryl methyl sites for hydroxylation is 4. The van der Waals surface area contributed by atoms with Crippen LogP contribution in [0.15, 0.2) is 170 Å². The van der Waals surface area contributed by atoms with Crippen LogP contribution in [0.25, 0.3) is 22.3 Å². The van der Waals surface area contributed by atoms with E-state index in [-0.39, 0.29) is 0 Å². The van der Waals surface area contributed by atoms with Crippen LogP contribution >= 0.6 is 0 Å². The second-order valence-corrected chi connectivity index (χ2v) is 12.6. The molecule has 0 bridgehead atoms. The van der Waals surface area contributed by atoms with Crippen molar-refractivity contribution in [3.05, 3.63) is 192 Å². The molecular formula is C46H40N2. The Balaban J connectivity index is 1.62. The zero-order chi connectivity index (χ0) is 33.0. The average Bonchev–Trinajstić information content (AvgIpc) is 3.10. The van der Waals surface area contributed by atoms with Crippen molar-refractivity contribution in [3.8, 4) is 22.3 Å². The average molecular weight is 621 g/mol. The highest BCUT2D eigenvalue weighted by Gasteiger charge is 2.26. The van der Waals surface area contributed by atoms with Gasteiger partial charge in [0, 0.05) is 33.9 Å². The van der Waals surface area contributed by atoms with E-state index in [9.17, 15) is 0 Å². The van der Waals surface area contributed by atoms with Gasteiger partial charge in [-0.2, -0.15) is 0 Å². The second-order valence-electron chi connectivity index (χ2n) is 12.6. The fraction of sp³-hybridized carbons (Fsp3) is 0.0870. The maximum atomic E-state index is 2.42. The molecule has 2 nitrogen and oxygen atoms in total. The molecule has 7 aromatic carbocycles. The highest BCUT2D eigenvalue weighted by molar-refractivity contribution is 6.04. The molecule has 0 spiro atoms. The molecule has 2 heteroatoms. The van der Waals surface area contributed by atoms with Gasteiger partial charge in [0.05, 0.1) is 11.4 Å². The van der Waals surface area contributed by atoms with E-state index in [1.165, 1.54) is 33.4 Å². The summed E-state index contributed by atoms with van der Waals surface area (Å²) in [5, 5.41) is 0. The Labute approximate surface area is 285 Å². The summed E-state index contributed by atoms with van der Waals surface area (Å²) in [5.74, 6) is 0. The third kappa shape index (κ3) is 6.26. The van der Waals surface area contributed by atoms with Gasteiger partial charge in [0.15, 0.2) is 0 Å². The van der Waals surface area contributed by atoms with Gasteiger partial charge in [0.1, 0.15) is 0 Å². The molecule has 0 aliphatic heterocycles. The molecular weight excluding hydrogens is 581 g/mol. The molecule has 7 aromatic rings. The smallest absolute Gasteiger partial charge is 0.0547 e. The summed E-state index contributed by atoms with van der Waals surface area (Å²) in [6.07, 6.45) is 0. The van der Waals surface area contributed by atoms with Crippen LogP contribution < -0.4 is 9.80 Å². The van der Waals surface area contributed by atoms with E-state index in [1.54, 1.807) is 0 Å². The van der Waals surface area contributed by atoms with Crippen molar-refractivity contribution in [1.82, 2.24) is 0 Å². The van der Waals surface area contributed by atoms with Crippen molar-refractivity contribution >= 4 is 34.1 Å². The number of rotatable bonds is 8. The first-order valence-corrected chi connectivity index (χ1v) is 16.6. The standard InChI is InChI=1S/C46H40N2/c1-33-15-11-23-39(29-33)47(40-24-12-16-34(2)30-40)43-27-28-44(46(38-21-9-6-10-22-38)45(43)37-19-7-5-8-20-37)48(41-25-13-17-35(3)31-41)42-26-14-18-36(4)32-42/h5-32H,1-4H3. The summed E-state index contributed by atoms with van der Waals surface area (Å²) in [6.45, 7) is 8.65. The summed E-state index contributed by atoms with van der Waals surface area (Å²) < 4.78 is 0. The number of benzene rings is 7. The first kappa shape index (κ1) is 30.8. The molecule has 48 heavy (non-hydrogen) atoms. The van der Waals surface area contributed by atoms with Gasteiger partial charge >= 0.3 is 0 Å². The molecule has 7 rings (SSSR count). The Morgan fingerprint density at radius 3 is 0.854 bits per heavy atom. The predicted octanol–water partition coefficient (Wildman–Crippen LogP) is 13.2. The Morgan fingerprint density at radius 2 is 0.583 bits per heavy atom. The molecule has 0 amide bonds. The SMILES string of the molecule is Cc1cccc(N(c2cccc(C)c2)c2ccc(N(c3cccc(C)c3)c3cccc(C)c3)c(-c3ccccc3)c2-c2ccccc2)c1. The van der Waals surface area contributed by atoms with Crippen LogP contribution in [0.2, 0.25) is 0 Å². The summed E-state index contributed by atoms with van der Waals surface area (Å²) in [6, 6.07) is 61.6. The van der Waals surface area contributed by atoms with Gasteiger partial charge in [0.2, 0.25) is 0 Å². The highest BCUT2D eigenvalue weighted by atomic mass is 15.2. The van der Waals surface area contributed by atoms with Gasteiger partial charge in [-0.15, -0.1) is 0 Å². The number of hydrogen-bond donors (Lipinski definition) is 0. The molecule has 0 saturated heterocycles. The highest BCUT2D eigenvalue weighted by Crippen LogP contribution is 2.51. The van der Waals surface area contributed by atoms with Crippen LogP contribution in [0.1, 0.15) is 22.3 Å². The number of anilines is 6. The van der Waals surface area contributed by atoms with Crippen molar-refractivity contribution < 1.29 is 0 Å². The van der Waals surface area contributed by atoms with Crippen LogP contribution in [0.3, 0.4) is 0 Å². The molecule has 0 N–H and O–H groups in total. The van der Waals surface area contributed by atoms with Crippen molar-refractivity contribution in [2.75, 3.05) is 9.80 Å². The summed E-state index contributed by atoms with van der Waals surface area (Å²) >= 11 is 0. The van der Waals surface area contributed by atoms with Crippen molar-refractivity contribution in [2.45, 2.75) is 27.7 Å². The zero-order valence-electron chi connectivity index (χ0n) is 28.1. The fourth-order valence-corrected chi connectivity index (χ4v) is 6.67. The topological polar surface area (TPSA) is 6.48 Å². The van der Waals surface area contributed by atoms with Crippen LogP contribution in [-0.2, 0) is 0 Å². The first-order valence-electron chi connectivity index (χ1n) is 16.6. The van der Waals surface area contributed by atoms with Gasteiger partial charge in [-0.1, -0.05) is 109 Å². The summed E-state index contributed by atoms with van der Waals surface area (Å²) in [4.78, 5) is 4.84. The van der Waals surface area contributed by atoms with Crippen LogP contribution in [0.4, 0.5) is 34.1 Å². The summed E-state index contributed by atoms with van der Waals surface area (Å²) in [5.41, 5.74) is 16.3. The normalized spacial score (nSPS) is 10.9. The van der Waals surface area contributed by atoms with Crippen molar-refractivity contribution in [3.63, 3.8) is 0 Å². The molecule has 0 aromatic heterocycles. The third-order valence-electron chi connectivity index (χ3n) is 8.81. The quantitative estimate of drug-likeness (QED) is 0.167. The Morgan fingerprint density at radius 1 is 0.292 bits per heavy atom. The summed E-state index contributed by atoms with van der Waals surface area (Å²) in [7, 11) is 0. The molecule has 0 aliphatic carbocycles. The minimum atomic E-state index is 1.12. The zero-order valence-corrected chi connectivity index (χ0v) is 28.1. The molecule has 0 radical (unpaired) electrons. The molecule has 0 aliphatic rings. The Hall–Kier alpha value is -5.86. The third-order valence-corrected chi connectivity index (χ3v) is 8.81. The molecule has 0 atom stereocenters. The number of hydrogen-bond acceptors (Lipinski definition) is 2. The van der Waals surface area contributed by atoms with Gasteiger partial charge in [-0.3, -0.25) is 0 Å². The fourth-order valence-electron chi connectivity index (χ4n) is 6.67. The van der Waals surface area contributed by atoms with Gasteiger partial charge in [0.25, 0.3) is 0 Å². The van der Waals surface area contributed by atoms with E-state index in [0.717, 1.165) is 45.3 Å².